The van der Waals surface area contributed by atoms with Gasteiger partial charge in [-0.2, -0.15) is 13.2 Å². The second kappa shape index (κ2) is 7.36. The normalized spacial score (nSPS) is 19.1. The zero-order chi connectivity index (χ0) is 20.6. The van der Waals surface area contributed by atoms with E-state index in [-0.39, 0.29) is 5.69 Å². The van der Waals surface area contributed by atoms with E-state index in [1.165, 1.54) is 4.90 Å². The molecule has 0 radical (unpaired) electrons. The second-order valence-corrected chi connectivity index (χ2v) is 7.76. The number of rotatable bonds is 4. The van der Waals surface area contributed by atoms with Crippen molar-refractivity contribution in [2.24, 2.45) is 11.1 Å². The van der Waals surface area contributed by atoms with Crippen LogP contribution in [0.2, 0.25) is 0 Å². The molecule has 0 bridgehead atoms. The Balaban J connectivity index is 2.35. The highest BCUT2D eigenvalue weighted by Gasteiger charge is 2.41. The van der Waals surface area contributed by atoms with Crippen LogP contribution in [0.3, 0.4) is 0 Å². The maximum absolute atomic E-state index is 13.7. The third-order valence-electron chi connectivity index (χ3n) is 4.51. The number of nitrogens with one attached hydrogen (secondary N) is 1. The Morgan fingerprint density at radius 2 is 1.85 bits per heavy atom. The van der Waals surface area contributed by atoms with E-state index in [0.717, 1.165) is 12.1 Å². The van der Waals surface area contributed by atoms with Crippen molar-refractivity contribution in [3.63, 3.8) is 0 Å². The molecule has 5 nitrogen and oxygen atoms in total. The number of nitrogens with two attached hydrogens (primary N) is 1. The van der Waals surface area contributed by atoms with Crippen LogP contribution in [0.15, 0.2) is 18.2 Å². The molecule has 150 valence electrons. The Kier molecular flexibility index (Phi) is 5.72. The molecule has 0 aromatic heterocycles. The van der Waals surface area contributed by atoms with Gasteiger partial charge in [0.2, 0.25) is 11.8 Å². The topological polar surface area (TPSA) is 75.4 Å². The maximum atomic E-state index is 13.7. The summed E-state index contributed by atoms with van der Waals surface area (Å²) in [6.07, 6.45) is -3.67. The summed E-state index contributed by atoms with van der Waals surface area (Å²) in [4.78, 5) is 25.9. The Morgan fingerprint density at radius 3 is 2.37 bits per heavy atom. The molecule has 2 amide bonds. The Bertz CT molecular complexity index is 728. The number of hydrogen-bond acceptors (Lipinski definition) is 3. The number of hydrogen-bond donors (Lipinski definition) is 2. The van der Waals surface area contributed by atoms with Gasteiger partial charge in [0.15, 0.2) is 0 Å². The first-order valence-electron chi connectivity index (χ1n) is 8.55. The van der Waals surface area contributed by atoms with Crippen LogP contribution in [-0.2, 0) is 15.8 Å². The molecule has 1 aliphatic rings. The molecular weight excluding hydrogens is 366 g/mol. The van der Waals surface area contributed by atoms with E-state index in [9.17, 15) is 27.2 Å². The molecule has 27 heavy (non-hydrogen) atoms. The van der Waals surface area contributed by atoms with Gasteiger partial charge in [0.1, 0.15) is 17.9 Å². The van der Waals surface area contributed by atoms with E-state index in [2.05, 4.69) is 5.32 Å². The van der Waals surface area contributed by atoms with Crippen molar-refractivity contribution in [2.75, 3.05) is 11.9 Å². The van der Waals surface area contributed by atoms with Crippen molar-refractivity contribution in [1.82, 2.24) is 4.90 Å². The van der Waals surface area contributed by atoms with Gasteiger partial charge in [0.05, 0.1) is 5.56 Å². The van der Waals surface area contributed by atoms with Gasteiger partial charge < -0.3 is 16.0 Å². The van der Waals surface area contributed by atoms with Crippen molar-refractivity contribution < 1.29 is 27.2 Å². The molecule has 2 rings (SSSR count). The second-order valence-electron chi connectivity index (χ2n) is 7.76. The van der Waals surface area contributed by atoms with E-state index in [1.54, 1.807) is 20.8 Å². The minimum Gasteiger partial charge on any atom is -0.373 e. The number of benzene rings is 1. The first-order valence-corrected chi connectivity index (χ1v) is 8.55. The summed E-state index contributed by atoms with van der Waals surface area (Å²) in [6, 6.07) is 0.326. The number of amides is 2. The summed E-state index contributed by atoms with van der Waals surface area (Å²) in [5.41, 5.74) is 3.32. The van der Waals surface area contributed by atoms with Crippen molar-refractivity contribution in [3.8, 4) is 0 Å². The third-order valence-corrected chi connectivity index (χ3v) is 4.51. The zero-order valence-electron chi connectivity index (χ0n) is 15.4. The highest BCUT2D eigenvalue weighted by Crippen LogP contribution is 2.33. The van der Waals surface area contributed by atoms with E-state index in [4.69, 9.17) is 5.73 Å². The van der Waals surface area contributed by atoms with Crippen molar-refractivity contribution >= 4 is 17.5 Å². The fraction of sp³-hybridized carbons (Fsp3) is 0.556. The van der Waals surface area contributed by atoms with Gasteiger partial charge in [-0.05, 0) is 36.5 Å². The fourth-order valence-corrected chi connectivity index (χ4v) is 3.14. The summed E-state index contributed by atoms with van der Waals surface area (Å²) < 4.78 is 52.5. The molecule has 9 heteroatoms. The molecule has 1 saturated heterocycles. The van der Waals surface area contributed by atoms with Crippen LogP contribution in [0.1, 0.15) is 39.2 Å². The average Bonchev–Trinajstić information content (AvgIpc) is 2.99. The first kappa shape index (κ1) is 21.0. The number of carbonyl (C=O) groups is 2. The van der Waals surface area contributed by atoms with E-state index in [0.29, 0.717) is 25.5 Å². The predicted molar refractivity (Wildman–Crippen MR) is 92.2 cm³/mol. The molecule has 1 aromatic carbocycles. The zero-order valence-corrected chi connectivity index (χ0v) is 15.4. The SMILES string of the molecule is CC(C)(C)[C@H](Nc1cc(F)cc(C(F)(F)F)c1)C(=O)N1CCCC1C(N)=O. The van der Waals surface area contributed by atoms with Crippen LogP contribution < -0.4 is 11.1 Å². The molecule has 3 N–H and O–H groups in total. The fourth-order valence-electron chi connectivity index (χ4n) is 3.14. The minimum absolute atomic E-state index is 0.162. The van der Waals surface area contributed by atoms with Crippen molar-refractivity contribution in [2.45, 2.75) is 51.9 Å². The summed E-state index contributed by atoms with van der Waals surface area (Å²) in [6.45, 7) is 5.50. The Hall–Kier alpha value is -2.32. The summed E-state index contributed by atoms with van der Waals surface area (Å²) in [5, 5.41) is 2.73. The van der Waals surface area contributed by atoms with Crippen LogP contribution in [0.4, 0.5) is 23.2 Å². The van der Waals surface area contributed by atoms with Gasteiger partial charge in [-0.15, -0.1) is 0 Å². The predicted octanol–water partition coefficient (Wildman–Crippen LogP) is 3.15. The number of nitrogens with zero attached hydrogens (tertiary/aromatic N) is 1. The van der Waals surface area contributed by atoms with Gasteiger partial charge in [-0.3, -0.25) is 9.59 Å². The Morgan fingerprint density at radius 1 is 1.22 bits per heavy atom. The highest BCUT2D eigenvalue weighted by molar-refractivity contribution is 5.91. The molecular formula is C18H23F4N3O2. The molecule has 1 unspecified atom stereocenters. The third kappa shape index (κ3) is 4.90. The van der Waals surface area contributed by atoms with E-state index >= 15 is 0 Å². The van der Waals surface area contributed by atoms with Gasteiger partial charge in [0, 0.05) is 12.2 Å². The highest BCUT2D eigenvalue weighted by atomic mass is 19.4. The quantitative estimate of drug-likeness (QED) is 0.777. The molecule has 1 aliphatic heterocycles. The largest absolute Gasteiger partial charge is 0.416 e. The number of halogens is 4. The lowest BCUT2D eigenvalue weighted by molar-refractivity contribution is -0.139. The van der Waals surface area contributed by atoms with Crippen LogP contribution in [0.5, 0.6) is 0 Å². The average molecular weight is 389 g/mol. The monoisotopic (exact) mass is 389 g/mol. The molecule has 0 saturated carbocycles. The molecule has 2 atom stereocenters. The molecule has 0 spiro atoms. The smallest absolute Gasteiger partial charge is 0.373 e. The number of alkyl halides is 3. The summed E-state index contributed by atoms with van der Waals surface area (Å²) in [7, 11) is 0. The van der Waals surface area contributed by atoms with E-state index < -0.39 is 46.9 Å². The van der Waals surface area contributed by atoms with E-state index in [1.807, 2.05) is 0 Å². The molecule has 0 aliphatic carbocycles. The molecule has 1 aromatic rings. The lowest BCUT2D eigenvalue weighted by Gasteiger charge is -2.35. The first-order chi connectivity index (χ1) is 12.3. The van der Waals surface area contributed by atoms with Crippen LogP contribution in [0, 0.1) is 11.2 Å². The lowest BCUT2D eigenvalue weighted by atomic mass is 9.85. The summed E-state index contributed by atoms with van der Waals surface area (Å²) in [5.74, 6) is -2.15. The lowest BCUT2D eigenvalue weighted by Crippen LogP contribution is -2.53. The summed E-state index contributed by atoms with van der Waals surface area (Å²) >= 11 is 0. The maximum Gasteiger partial charge on any atom is 0.416 e. The van der Waals surface area contributed by atoms with Crippen LogP contribution in [-0.4, -0.2) is 35.3 Å². The number of anilines is 1. The van der Waals surface area contributed by atoms with Gasteiger partial charge in [-0.25, -0.2) is 4.39 Å². The number of carbonyl (C=O) groups excluding carboxylic acids is 2. The standard InChI is InChI=1S/C18H23F4N3O2/c1-17(2,3)14(16(27)25-6-4-5-13(25)15(23)26)24-12-8-10(18(20,21)22)7-11(19)9-12/h7-9,13-14,24H,4-6H2,1-3H3,(H2,23,26)/t13?,14-/m1/s1. The molecule has 1 heterocycles. The molecule has 1 fully saturated rings. The van der Waals surface area contributed by atoms with Crippen molar-refractivity contribution in [1.29, 1.82) is 0 Å². The van der Waals surface area contributed by atoms with Gasteiger partial charge in [0.25, 0.3) is 0 Å². The van der Waals surface area contributed by atoms with Gasteiger partial charge in [-0.1, -0.05) is 20.8 Å². The Labute approximate surface area is 154 Å². The number of primary amides is 1. The number of likely N-dealkylation sites (tertiary alicyclic amines) is 1. The van der Waals surface area contributed by atoms with Crippen LogP contribution in [0.25, 0.3) is 0 Å². The minimum atomic E-state index is -4.72. The van der Waals surface area contributed by atoms with Crippen LogP contribution >= 0.6 is 0 Å². The van der Waals surface area contributed by atoms with Crippen molar-refractivity contribution in [3.05, 3.63) is 29.6 Å². The van der Waals surface area contributed by atoms with Gasteiger partial charge >= 0.3 is 6.18 Å².